The van der Waals surface area contributed by atoms with Crippen LogP contribution in [0.25, 0.3) is 0 Å². The molecule has 8 heteroatoms. The molecule has 7 nitrogen and oxygen atoms in total. The summed E-state index contributed by atoms with van der Waals surface area (Å²) in [4.78, 5) is 32.0. The zero-order chi connectivity index (χ0) is 19.7. The van der Waals surface area contributed by atoms with Crippen molar-refractivity contribution in [1.82, 2.24) is 20.0 Å². The van der Waals surface area contributed by atoms with Gasteiger partial charge in [0.15, 0.2) is 0 Å². The average Bonchev–Trinajstić information content (AvgIpc) is 3.34. The van der Waals surface area contributed by atoms with E-state index in [0.29, 0.717) is 12.5 Å². The second-order valence-electron chi connectivity index (χ2n) is 8.05. The molecule has 0 bridgehead atoms. The highest BCUT2D eigenvalue weighted by atomic mass is 35.5. The van der Waals surface area contributed by atoms with E-state index in [2.05, 4.69) is 10.2 Å². The van der Waals surface area contributed by atoms with Gasteiger partial charge in [0, 0.05) is 58.8 Å². The SMILES string of the molecule is COc1ccc(C2C(C(=O)N3CCC(N4CCNCC4)C3)CC(=O)N2C)cc1.Cl. The lowest BCUT2D eigenvalue weighted by atomic mass is 9.92. The molecule has 0 saturated carbocycles. The number of carbonyl (C=O) groups excluding carboxylic acids is 2. The van der Waals surface area contributed by atoms with Crippen molar-refractivity contribution >= 4 is 24.2 Å². The van der Waals surface area contributed by atoms with Crippen LogP contribution in [0.4, 0.5) is 0 Å². The highest BCUT2D eigenvalue weighted by Gasteiger charge is 2.45. The number of hydrogen-bond acceptors (Lipinski definition) is 5. The summed E-state index contributed by atoms with van der Waals surface area (Å²) in [6.45, 7) is 5.70. The van der Waals surface area contributed by atoms with Crippen molar-refractivity contribution in [2.24, 2.45) is 5.92 Å². The molecule has 1 aromatic carbocycles. The number of methoxy groups -OCH3 is 1. The Morgan fingerprint density at radius 2 is 1.83 bits per heavy atom. The van der Waals surface area contributed by atoms with E-state index < -0.39 is 0 Å². The molecule has 3 atom stereocenters. The Kier molecular flexibility index (Phi) is 7.03. The number of amides is 2. The van der Waals surface area contributed by atoms with E-state index in [1.165, 1.54) is 0 Å². The van der Waals surface area contributed by atoms with Crippen LogP contribution < -0.4 is 10.1 Å². The van der Waals surface area contributed by atoms with Crippen LogP contribution in [-0.2, 0) is 9.59 Å². The molecular formula is C21H31ClN4O3. The fourth-order valence-electron chi connectivity index (χ4n) is 4.87. The Hall–Kier alpha value is -1.83. The number of halogens is 1. The lowest BCUT2D eigenvalue weighted by Gasteiger charge is -2.33. The van der Waals surface area contributed by atoms with Crippen LogP contribution in [0.15, 0.2) is 24.3 Å². The first-order valence-electron chi connectivity index (χ1n) is 10.2. The molecule has 1 N–H and O–H groups in total. The van der Waals surface area contributed by atoms with Crippen molar-refractivity contribution in [3.8, 4) is 5.75 Å². The van der Waals surface area contributed by atoms with Gasteiger partial charge in [0.2, 0.25) is 11.8 Å². The normalized spacial score (nSPS) is 27.8. The zero-order valence-electron chi connectivity index (χ0n) is 17.2. The molecule has 3 aliphatic rings. The Labute approximate surface area is 178 Å². The van der Waals surface area contributed by atoms with E-state index in [9.17, 15) is 9.59 Å². The van der Waals surface area contributed by atoms with Gasteiger partial charge in [-0.1, -0.05) is 12.1 Å². The Bertz CT molecular complexity index is 723. The first-order chi connectivity index (χ1) is 13.6. The van der Waals surface area contributed by atoms with Gasteiger partial charge in [0.1, 0.15) is 5.75 Å². The maximum Gasteiger partial charge on any atom is 0.228 e. The summed E-state index contributed by atoms with van der Waals surface area (Å²) in [6.07, 6.45) is 1.32. The van der Waals surface area contributed by atoms with Gasteiger partial charge in [0.25, 0.3) is 0 Å². The molecule has 0 aromatic heterocycles. The predicted octanol–water partition coefficient (Wildman–Crippen LogP) is 1.14. The monoisotopic (exact) mass is 422 g/mol. The fraction of sp³-hybridized carbons (Fsp3) is 0.619. The molecule has 160 valence electrons. The zero-order valence-corrected chi connectivity index (χ0v) is 18.0. The van der Waals surface area contributed by atoms with Crippen LogP contribution in [0.1, 0.15) is 24.4 Å². The second kappa shape index (κ2) is 9.32. The van der Waals surface area contributed by atoms with Crippen LogP contribution in [0, 0.1) is 5.92 Å². The van der Waals surface area contributed by atoms with Gasteiger partial charge in [-0.05, 0) is 24.1 Å². The summed E-state index contributed by atoms with van der Waals surface area (Å²) in [5.41, 5.74) is 0.991. The van der Waals surface area contributed by atoms with Crippen molar-refractivity contribution in [3.05, 3.63) is 29.8 Å². The minimum atomic E-state index is -0.312. The van der Waals surface area contributed by atoms with Crippen LogP contribution in [-0.4, -0.2) is 86.0 Å². The predicted molar refractivity (Wildman–Crippen MR) is 113 cm³/mol. The van der Waals surface area contributed by atoms with Crippen molar-refractivity contribution in [3.63, 3.8) is 0 Å². The standard InChI is InChI=1S/C21H30N4O3.ClH/c1-23-19(26)13-18(20(23)15-3-5-17(28-2)6-4-15)21(27)25-10-7-16(14-25)24-11-8-22-9-12-24;/h3-6,16,18,20,22H,7-14H2,1-2H3;1H. The van der Waals surface area contributed by atoms with Gasteiger partial charge in [-0.25, -0.2) is 0 Å². The van der Waals surface area contributed by atoms with Gasteiger partial charge in [-0.3, -0.25) is 14.5 Å². The Morgan fingerprint density at radius 3 is 2.48 bits per heavy atom. The van der Waals surface area contributed by atoms with Crippen LogP contribution >= 0.6 is 12.4 Å². The summed E-state index contributed by atoms with van der Waals surface area (Å²) in [5, 5.41) is 3.38. The topological polar surface area (TPSA) is 65.1 Å². The molecule has 0 spiro atoms. The van der Waals surface area contributed by atoms with Gasteiger partial charge in [-0.2, -0.15) is 0 Å². The molecule has 3 saturated heterocycles. The molecule has 3 aliphatic heterocycles. The molecule has 3 fully saturated rings. The third kappa shape index (κ3) is 4.37. The van der Waals surface area contributed by atoms with E-state index in [4.69, 9.17) is 4.74 Å². The largest absolute Gasteiger partial charge is 0.497 e. The summed E-state index contributed by atoms with van der Waals surface area (Å²) < 4.78 is 5.24. The van der Waals surface area contributed by atoms with Crippen molar-refractivity contribution in [2.45, 2.75) is 24.9 Å². The lowest BCUT2D eigenvalue weighted by Crippen LogP contribution is -2.49. The number of piperazine rings is 1. The number of likely N-dealkylation sites (tertiary alicyclic amines) is 2. The Balaban J connectivity index is 0.00000240. The van der Waals surface area contributed by atoms with Crippen LogP contribution in [0.3, 0.4) is 0 Å². The molecule has 1 aromatic rings. The molecule has 0 aliphatic carbocycles. The number of rotatable bonds is 4. The van der Waals surface area contributed by atoms with E-state index >= 15 is 0 Å². The average molecular weight is 423 g/mol. The minimum Gasteiger partial charge on any atom is -0.497 e. The Morgan fingerprint density at radius 1 is 1.14 bits per heavy atom. The maximum absolute atomic E-state index is 13.4. The minimum absolute atomic E-state index is 0. The molecule has 29 heavy (non-hydrogen) atoms. The summed E-state index contributed by atoms with van der Waals surface area (Å²) in [5.74, 6) is 0.623. The van der Waals surface area contributed by atoms with E-state index in [1.54, 1.807) is 19.1 Å². The van der Waals surface area contributed by atoms with E-state index in [1.807, 2.05) is 29.2 Å². The molecule has 3 unspecified atom stereocenters. The quantitative estimate of drug-likeness (QED) is 0.788. The number of carbonyl (C=O) groups is 2. The van der Waals surface area contributed by atoms with E-state index in [-0.39, 0.29) is 36.2 Å². The number of hydrogen-bond donors (Lipinski definition) is 1. The number of nitrogens with zero attached hydrogens (tertiary/aromatic N) is 3. The van der Waals surface area contributed by atoms with Gasteiger partial charge in [0.05, 0.1) is 19.1 Å². The van der Waals surface area contributed by atoms with Gasteiger partial charge >= 0.3 is 0 Å². The first-order valence-corrected chi connectivity index (χ1v) is 10.2. The third-order valence-corrected chi connectivity index (χ3v) is 6.50. The molecule has 4 rings (SSSR count). The van der Waals surface area contributed by atoms with Crippen molar-refractivity contribution < 1.29 is 14.3 Å². The van der Waals surface area contributed by atoms with Crippen LogP contribution in [0.2, 0.25) is 0 Å². The number of nitrogens with one attached hydrogen (secondary N) is 1. The molecule has 3 heterocycles. The summed E-state index contributed by atoms with van der Waals surface area (Å²) >= 11 is 0. The van der Waals surface area contributed by atoms with Gasteiger partial charge < -0.3 is 19.9 Å². The molecule has 0 radical (unpaired) electrons. The van der Waals surface area contributed by atoms with E-state index in [0.717, 1.165) is 57.0 Å². The smallest absolute Gasteiger partial charge is 0.228 e. The second-order valence-corrected chi connectivity index (χ2v) is 8.05. The number of benzene rings is 1. The van der Waals surface area contributed by atoms with Crippen molar-refractivity contribution in [1.29, 1.82) is 0 Å². The highest BCUT2D eigenvalue weighted by Crippen LogP contribution is 2.39. The number of ether oxygens (including phenoxy) is 1. The molecular weight excluding hydrogens is 392 g/mol. The summed E-state index contributed by atoms with van der Waals surface area (Å²) in [6, 6.07) is 7.95. The highest BCUT2D eigenvalue weighted by molar-refractivity contribution is 5.90. The summed E-state index contributed by atoms with van der Waals surface area (Å²) in [7, 11) is 3.44. The van der Waals surface area contributed by atoms with Crippen molar-refractivity contribution in [2.75, 3.05) is 53.4 Å². The lowest BCUT2D eigenvalue weighted by molar-refractivity contribution is -0.135. The fourth-order valence-corrected chi connectivity index (χ4v) is 4.87. The third-order valence-electron chi connectivity index (χ3n) is 6.50. The van der Waals surface area contributed by atoms with Crippen LogP contribution in [0.5, 0.6) is 5.75 Å². The first kappa shape index (κ1) is 21.9. The maximum atomic E-state index is 13.4. The van der Waals surface area contributed by atoms with Gasteiger partial charge in [-0.15, -0.1) is 12.4 Å². The molecule has 2 amide bonds.